The van der Waals surface area contributed by atoms with Crippen molar-refractivity contribution in [3.05, 3.63) is 22.7 Å². The number of nitrogens with zero attached hydrogens (tertiary/aromatic N) is 3. The van der Waals surface area contributed by atoms with Crippen LogP contribution in [0, 0.1) is 0 Å². The minimum absolute atomic E-state index is 0.00921. The van der Waals surface area contributed by atoms with Crippen LogP contribution in [0.15, 0.2) is 17.2 Å². The van der Waals surface area contributed by atoms with Gasteiger partial charge >= 0.3 is 0 Å². The van der Waals surface area contributed by atoms with Crippen LogP contribution in [0.5, 0.6) is 0 Å². The van der Waals surface area contributed by atoms with E-state index in [2.05, 4.69) is 9.88 Å². The maximum absolute atomic E-state index is 12.5. The van der Waals surface area contributed by atoms with Crippen LogP contribution in [0.25, 0.3) is 0 Å². The van der Waals surface area contributed by atoms with Crippen LogP contribution < -0.4 is 16.2 Å². The van der Waals surface area contributed by atoms with Crippen molar-refractivity contribution in [1.82, 2.24) is 9.55 Å². The molecular formula is C14H24N4O. The van der Waals surface area contributed by atoms with E-state index in [4.69, 9.17) is 5.73 Å². The third-order valence-electron chi connectivity index (χ3n) is 3.83. The van der Waals surface area contributed by atoms with Gasteiger partial charge in [-0.15, -0.1) is 0 Å². The molecule has 1 aliphatic heterocycles. The van der Waals surface area contributed by atoms with Crippen molar-refractivity contribution in [2.24, 2.45) is 5.73 Å². The fraction of sp³-hybridized carbons (Fsp3) is 0.714. The minimum Gasteiger partial charge on any atom is -0.347 e. The van der Waals surface area contributed by atoms with Crippen LogP contribution in [0.2, 0.25) is 0 Å². The number of hydrogen-bond donors (Lipinski definition) is 1. The molecule has 5 nitrogen and oxygen atoms in total. The van der Waals surface area contributed by atoms with Crippen LogP contribution in [-0.2, 0) is 0 Å². The lowest BCUT2D eigenvalue weighted by molar-refractivity contribution is 0.408. The molecule has 19 heavy (non-hydrogen) atoms. The standard InChI is InChI=1S/C14H24N4O/c1-10(2)17-9-7-16-13(14(17)19)18-8-5-4-6-12(18)11(3)15/h7,9-12H,4-6,8,15H2,1-3H3. The van der Waals surface area contributed by atoms with Crippen molar-refractivity contribution < 1.29 is 0 Å². The summed E-state index contributed by atoms with van der Waals surface area (Å²) in [6, 6.07) is 0.416. The third kappa shape index (κ3) is 2.81. The Balaban J connectivity index is 2.39. The molecule has 0 bridgehead atoms. The lowest BCUT2D eigenvalue weighted by atomic mass is 9.97. The number of hydrogen-bond acceptors (Lipinski definition) is 4. The molecule has 1 aromatic rings. The number of nitrogens with two attached hydrogens (primary N) is 1. The fourth-order valence-corrected chi connectivity index (χ4v) is 2.78. The van der Waals surface area contributed by atoms with Crippen molar-refractivity contribution in [1.29, 1.82) is 0 Å². The molecule has 2 unspecified atom stereocenters. The molecule has 106 valence electrons. The van der Waals surface area contributed by atoms with Crippen molar-refractivity contribution >= 4 is 5.82 Å². The van der Waals surface area contributed by atoms with E-state index in [1.54, 1.807) is 17.0 Å². The number of aromatic nitrogens is 2. The van der Waals surface area contributed by atoms with Gasteiger partial charge in [0.1, 0.15) is 0 Å². The summed E-state index contributed by atoms with van der Waals surface area (Å²) in [5, 5.41) is 0. The zero-order valence-corrected chi connectivity index (χ0v) is 12.0. The van der Waals surface area contributed by atoms with E-state index in [1.165, 1.54) is 6.42 Å². The van der Waals surface area contributed by atoms with Crippen LogP contribution in [0.3, 0.4) is 0 Å². The second-order valence-corrected chi connectivity index (χ2v) is 5.67. The highest BCUT2D eigenvalue weighted by molar-refractivity contribution is 5.38. The Bertz CT molecular complexity index is 481. The summed E-state index contributed by atoms with van der Waals surface area (Å²) in [6.07, 6.45) is 6.77. The van der Waals surface area contributed by atoms with E-state index in [0.29, 0.717) is 5.82 Å². The maximum atomic E-state index is 12.5. The average molecular weight is 264 g/mol. The van der Waals surface area contributed by atoms with Crippen LogP contribution in [0.4, 0.5) is 5.82 Å². The lowest BCUT2D eigenvalue weighted by Gasteiger charge is -2.38. The summed E-state index contributed by atoms with van der Waals surface area (Å²) in [6.45, 7) is 6.89. The first-order valence-corrected chi connectivity index (χ1v) is 7.11. The van der Waals surface area contributed by atoms with Crippen LogP contribution >= 0.6 is 0 Å². The number of rotatable bonds is 3. The smallest absolute Gasteiger partial charge is 0.293 e. The van der Waals surface area contributed by atoms with E-state index in [0.717, 1.165) is 19.4 Å². The number of anilines is 1. The van der Waals surface area contributed by atoms with E-state index in [-0.39, 0.29) is 23.7 Å². The zero-order valence-electron chi connectivity index (χ0n) is 12.0. The highest BCUT2D eigenvalue weighted by atomic mass is 16.1. The molecule has 1 fully saturated rings. The molecule has 0 aliphatic carbocycles. The fourth-order valence-electron chi connectivity index (χ4n) is 2.78. The molecule has 5 heteroatoms. The molecule has 0 spiro atoms. The van der Waals surface area contributed by atoms with Gasteiger partial charge in [-0.1, -0.05) is 0 Å². The first kappa shape index (κ1) is 14.1. The highest BCUT2D eigenvalue weighted by Gasteiger charge is 2.28. The zero-order chi connectivity index (χ0) is 14.0. The molecule has 2 rings (SSSR count). The summed E-state index contributed by atoms with van der Waals surface area (Å²) in [7, 11) is 0. The van der Waals surface area contributed by atoms with E-state index >= 15 is 0 Å². The monoisotopic (exact) mass is 264 g/mol. The van der Waals surface area contributed by atoms with Crippen molar-refractivity contribution in [2.45, 2.75) is 58.2 Å². The summed E-state index contributed by atoms with van der Waals surface area (Å²) in [5.74, 6) is 0.554. The molecule has 2 atom stereocenters. The maximum Gasteiger partial charge on any atom is 0.293 e. The normalized spacial score (nSPS) is 21.7. The van der Waals surface area contributed by atoms with Gasteiger partial charge in [0.2, 0.25) is 0 Å². The summed E-state index contributed by atoms with van der Waals surface area (Å²) >= 11 is 0. The number of piperidine rings is 1. The highest BCUT2D eigenvalue weighted by Crippen LogP contribution is 2.22. The second-order valence-electron chi connectivity index (χ2n) is 5.67. The van der Waals surface area contributed by atoms with E-state index < -0.39 is 0 Å². The Morgan fingerprint density at radius 2 is 2.11 bits per heavy atom. The van der Waals surface area contributed by atoms with Gasteiger partial charge in [-0.25, -0.2) is 4.98 Å². The second kappa shape index (κ2) is 5.74. The molecule has 2 N–H and O–H groups in total. The largest absolute Gasteiger partial charge is 0.347 e. The van der Waals surface area contributed by atoms with Gasteiger partial charge in [0.25, 0.3) is 5.56 Å². The van der Waals surface area contributed by atoms with Crippen molar-refractivity contribution in [3.63, 3.8) is 0 Å². The third-order valence-corrected chi connectivity index (χ3v) is 3.83. The lowest BCUT2D eigenvalue weighted by Crippen LogP contribution is -2.51. The molecular weight excluding hydrogens is 240 g/mol. The van der Waals surface area contributed by atoms with Gasteiger partial charge in [0.05, 0.1) is 0 Å². The predicted octanol–water partition coefficient (Wildman–Crippen LogP) is 1.53. The SMILES string of the molecule is CC(N)C1CCCCN1c1nccn(C(C)C)c1=O. The first-order chi connectivity index (χ1) is 9.02. The molecule has 1 aliphatic rings. The van der Waals surface area contributed by atoms with Gasteiger partial charge in [-0.3, -0.25) is 4.79 Å². The van der Waals surface area contributed by atoms with Crippen LogP contribution in [0.1, 0.15) is 46.1 Å². The molecule has 0 radical (unpaired) electrons. The predicted molar refractivity (Wildman–Crippen MR) is 77.5 cm³/mol. The quantitative estimate of drug-likeness (QED) is 0.899. The summed E-state index contributed by atoms with van der Waals surface area (Å²) in [5.41, 5.74) is 6.06. The van der Waals surface area contributed by atoms with Gasteiger partial charge in [0, 0.05) is 37.1 Å². The Kier molecular flexibility index (Phi) is 4.24. The molecule has 1 saturated heterocycles. The molecule has 0 saturated carbocycles. The molecule has 2 heterocycles. The first-order valence-electron chi connectivity index (χ1n) is 7.11. The van der Waals surface area contributed by atoms with E-state index in [1.807, 2.05) is 20.8 Å². The minimum atomic E-state index is -0.00921. The molecule has 0 aromatic carbocycles. The van der Waals surface area contributed by atoms with Crippen molar-refractivity contribution in [2.75, 3.05) is 11.4 Å². The molecule has 0 amide bonds. The molecule has 1 aromatic heterocycles. The Morgan fingerprint density at radius 1 is 1.37 bits per heavy atom. The average Bonchev–Trinajstić information content (AvgIpc) is 2.38. The van der Waals surface area contributed by atoms with Gasteiger partial charge < -0.3 is 15.2 Å². The van der Waals surface area contributed by atoms with E-state index in [9.17, 15) is 4.79 Å². The Labute approximate surface area is 114 Å². The van der Waals surface area contributed by atoms with Gasteiger partial charge in [-0.05, 0) is 40.0 Å². The van der Waals surface area contributed by atoms with Gasteiger partial charge in [0.15, 0.2) is 5.82 Å². The van der Waals surface area contributed by atoms with Crippen molar-refractivity contribution in [3.8, 4) is 0 Å². The Morgan fingerprint density at radius 3 is 2.74 bits per heavy atom. The Hall–Kier alpha value is -1.36. The van der Waals surface area contributed by atoms with Gasteiger partial charge in [-0.2, -0.15) is 0 Å². The topological polar surface area (TPSA) is 64.2 Å². The van der Waals surface area contributed by atoms with Crippen LogP contribution in [-0.4, -0.2) is 28.2 Å². The summed E-state index contributed by atoms with van der Waals surface area (Å²) in [4.78, 5) is 18.9. The summed E-state index contributed by atoms with van der Waals surface area (Å²) < 4.78 is 1.73.